The first-order valence-corrected chi connectivity index (χ1v) is 8.80. The van der Waals surface area contributed by atoms with Crippen LogP contribution >= 0.6 is 0 Å². The molecule has 1 aromatic carbocycles. The van der Waals surface area contributed by atoms with Crippen molar-refractivity contribution in [2.75, 3.05) is 32.5 Å². The topological polar surface area (TPSA) is 70.4 Å². The summed E-state index contributed by atoms with van der Waals surface area (Å²) in [6.45, 7) is 2.29. The molecule has 1 heterocycles. The summed E-state index contributed by atoms with van der Waals surface area (Å²) in [5.74, 6) is 0. The normalized spacial score (nSPS) is 19.0. The number of benzene rings is 1. The van der Waals surface area contributed by atoms with Crippen LogP contribution in [-0.4, -0.2) is 45.8 Å². The lowest BCUT2D eigenvalue weighted by Gasteiger charge is -2.37. The van der Waals surface area contributed by atoms with Gasteiger partial charge in [-0.2, -0.15) is 13.7 Å². The van der Waals surface area contributed by atoms with Gasteiger partial charge in [0.25, 0.3) is 10.1 Å². The fourth-order valence-electron chi connectivity index (χ4n) is 2.70. The first kappa shape index (κ1) is 16.0. The Bertz CT molecular complexity index is 600. The molecule has 0 atom stereocenters. The molecule has 1 aliphatic heterocycles. The van der Waals surface area contributed by atoms with Gasteiger partial charge in [0.05, 0.1) is 24.3 Å². The van der Waals surface area contributed by atoms with E-state index in [0.29, 0.717) is 6.54 Å². The Morgan fingerprint density at radius 3 is 2.43 bits per heavy atom. The van der Waals surface area contributed by atoms with Gasteiger partial charge in [-0.1, -0.05) is 30.3 Å². The number of piperidine rings is 1. The van der Waals surface area contributed by atoms with Gasteiger partial charge >= 0.3 is 0 Å². The number of rotatable bonds is 5. The van der Waals surface area contributed by atoms with Crippen LogP contribution < -0.4 is 0 Å². The van der Waals surface area contributed by atoms with Crippen molar-refractivity contribution in [3.63, 3.8) is 0 Å². The minimum atomic E-state index is -3.37. The monoisotopic (exact) mass is 308 g/mol. The standard InChI is InChI=1S/C15H20N2O3S/c1-21(18,19)20-12-11-17-9-7-15(13-16,8-10-17)14-5-3-2-4-6-14/h2-6H,7-12H2,1H3. The molecule has 0 spiro atoms. The van der Waals surface area contributed by atoms with Crippen LogP contribution in [0.15, 0.2) is 30.3 Å². The van der Waals surface area contributed by atoms with E-state index in [2.05, 4.69) is 11.0 Å². The van der Waals surface area contributed by atoms with Crippen molar-refractivity contribution in [1.82, 2.24) is 4.90 Å². The summed E-state index contributed by atoms with van der Waals surface area (Å²) in [4.78, 5) is 2.14. The minimum absolute atomic E-state index is 0.170. The summed E-state index contributed by atoms with van der Waals surface area (Å²) in [7, 11) is -3.37. The maximum Gasteiger partial charge on any atom is 0.264 e. The van der Waals surface area contributed by atoms with Crippen LogP contribution in [0.5, 0.6) is 0 Å². The van der Waals surface area contributed by atoms with E-state index in [1.165, 1.54) is 0 Å². The Morgan fingerprint density at radius 2 is 1.90 bits per heavy atom. The highest BCUT2D eigenvalue weighted by molar-refractivity contribution is 7.85. The van der Waals surface area contributed by atoms with Crippen molar-refractivity contribution in [3.05, 3.63) is 35.9 Å². The molecule has 1 saturated heterocycles. The molecule has 1 aliphatic rings. The molecule has 6 heteroatoms. The van der Waals surface area contributed by atoms with E-state index >= 15 is 0 Å². The Hall–Kier alpha value is -1.42. The van der Waals surface area contributed by atoms with Crippen molar-refractivity contribution >= 4 is 10.1 Å². The molecule has 2 rings (SSSR count). The molecule has 0 aliphatic carbocycles. The van der Waals surface area contributed by atoms with E-state index in [1.807, 2.05) is 30.3 Å². The molecule has 0 bridgehead atoms. The Morgan fingerprint density at radius 1 is 1.29 bits per heavy atom. The predicted octanol–water partition coefficient (Wildman–Crippen LogP) is 1.52. The van der Waals surface area contributed by atoms with Gasteiger partial charge in [0.1, 0.15) is 0 Å². The van der Waals surface area contributed by atoms with Crippen LogP contribution in [0.25, 0.3) is 0 Å². The summed E-state index contributed by atoms with van der Waals surface area (Å²) < 4.78 is 26.6. The van der Waals surface area contributed by atoms with Gasteiger partial charge in [0, 0.05) is 19.6 Å². The zero-order valence-corrected chi connectivity index (χ0v) is 13.0. The van der Waals surface area contributed by atoms with E-state index in [4.69, 9.17) is 4.18 Å². The molecular formula is C15H20N2O3S. The summed E-state index contributed by atoms with van der Waals surface area (Å²) >= 11 is 0. The first-order valence-electron chi connectivity index (χ1n) is 6.99. The predicted molar refractivity (Wildman–Crippen MR) is 80.2 cm³/mol. The van der Waals surface area contributed by atoms with E-state index in [0.717, 1.165) is 37.8 Å². The number of nitriles is 1. The number of likely N-dealkylation sites (tertiary alicyclic amines) is 1. The first-order chi connectivity index (χ1) is 9.95. The van der Waals surface area contributed by atoms with Gasteiger partial charge in [-0.05, 0) is 18.4 Å². The lowest BCUT2D eigenvalue weighted by Crippen LogP contribution is -2.43. The number of hydrogen-bond acceptors (Lipinski definition) is 5. The van der Waals surface area contributed by atoms with Gasteiger partial charge < -0.3 is 4.90 Å². The van der Waals surface area contributed by atoms with Crippen molar-refractivity contribution in [2.24, 2.45) is 0 Å². The average molecular weight is 308 g/mol. The molecule has 0 unspecified atom stereocenters. The third-order valence-electron chi connectivity index (χ3n) is 3.95. The quantitative estimate of drug-likeness (QED) is 0.771. The lowest BCUT2D eigenvalue weighted by atomic mass is 9.74. The van der Waals surface area contributed by atoms with Crippen molar-refractivity contribution in [2.45, 2.75) is 18.3 Å². The SMILES string of the molecule is CS(=O)(=O)OCCN1CCC(C#N)(c2ccccc2)CC1. The second-order valence-corrected chi connectivity index (χ2v) is 7.07. The largest absolute Gasteiger partial charge is 0.301 e. The van der Waals surface area contributed by atoms with Gasteiger partial charge in [0.2, 0.25) is 0 Å². The maximum atomic E-state index is 10.9. The highest BCUT2D eigenvalue weighted by Crippen LogP contribution is 2.34. The van der Waals surface area contributed by atoms with Crippen LogP contribution in [0.1, 0.15) is 18.4 Å². The molecule has 1 fully saturated rings. The van der Waals surface area contributed by atoms with Crippen molar-refractivity contribution in [1.29, 1.82) is 5.26 Å². The second-order valence-electron chi connectivity index (χ2n) is 5.43. The molecule has 5 nitrogen and oxygen atoms in total. The fraction of sp³-hybridized carbons (Fsp3) is 0.533. The molecule has 0 radical (unpaired) electrons. The second kappa shape index (κ2) is 6.56. The lowest BCUT2D eigenvalue weighted by molar-refractivity contribution is 0.158. The minimum Gasteiger partial charge on any atom is -0.301 e. The molecule has 1 aromatic rings. The Labute approximate surface area is 126 Å². The number of nitrogens with zero attached hydrogens (tertiary/aromatic N) is 2. The van der Waals surface area contributed by atoms with E-state index in [9.17, 15) is 13.7 Å². The fourth-order valence-corrected chi connectivity index (χ4v) is 3.08. The zero-order valence-electron chi connectivity index (χ0n) is 12.2. The molecule has 0 amide bonds. The van der Waals surface area contributed by atoms with Gasteiger partial charge in [0.15, 0.2) is 0 Å². The molecular weight excluding hydrogens is 288 g/mol. The Kier molecular flexibility index (Phi) is 4.99. The van der Waals surface area contributed by atoms with Crippen LogP contribution in [0.2, 0.25) is 0 Å². The van der Waals surface area contributed by atoms with Crippen LogP contribution in [0, 0.1) is 11.3 Å². The number of hydrogen-bond donors (Lipinski definition) is 0. The molecule has 0 N–H and O–H groups in total. The molecule has 114 valence electrons. The van der Waals surface area contributed by atoms with Gasteiger partial charge in [-0.15, -0.1) is 0 Å². The van der Waals surface area contributed by atoms with Crippen LogP contribution in [0.3, 0.4) is 0 Å². The summed E-state index contributed by atoms with van der Waals surface area (Å²) in [5.41, 5.74) is 0.648. The van der Waals surface area contributed by atoms with Gasteiger partial charge in [-0.3, -0.25) is 4.18 Å². The van der Waals surface area contributed by atoms with Crippen LogP contribution in [-0.2, 0) is 19.7 Å². The van der Waals surface area contributed by atoms with E-state index in [1.54, 1.807) is 0 Å². The average Bonchev–Trinajstić information content (AvgIpc) is 2.48. The van der Waals surface area contributed by atoms with Crippen LogP contribution in [0.4, 0.5) is 0 Å². The van der Waals surface area contributed by atoms with E-state index in [-0.39, 0.29) is 6.61 Å². The zero-order chi connectivity index (χ0) is 15.3. The third-order valence-corrected chi connectivity index (χ3v) is 4.55. The maximum absolute atomic E-state index is 10.9. The molecule has 0 saturated carbocycles. The summed E-state index contributed by atoms with van der Waals surface area (Å²) in [6.07, 6.45) is 2.57. The smallest absolute Gasteiger partial charge is 0.264 e. The summed E-state index contributed by atoms with van der Waals surface area (Å²) in [6, 6.07) is 12.4. The third kappa shape index (κ3) is 4.27. The summed E-state index contributed by atoms with van der Waals surface area (Å²) in [5, 5.41) is 9.59. The van der Waals surface area contributed by atoms with Crippen molar-refractivity contribution < 1.29 is 12.6 Å². The highest BCUT2D eigenvalue weighted by atomic mass is 32.2. The van der Waals surface area contributed by atoms with Crippen molar-refractivity contribution in [3.8, 4) is 6.07 Å². The van der Waals surface area contributed by atoms with Gasteiger partial charge in [-0.25, -0.2) is 0 Å². The molecule has 0 aromatic heterocycles. The highest BCUT2D eigenvalue weighted by Gasteiger charge is 2.36. The molecule has 21 heavy (non-hydrogen) atoms. The Balaban J connectivity index is 1.91. The van der Waals surface area contributed by atoms with E-state index < -0.39 is 15.5 Å².